The predicted octanol–water partition coefficient (Wildman–Crippen LogP) is 3.43. The molecule has 0 atom stereocenters. The van der Waals surface area contributed by atoms with E-state index in [1.165, 1.54) is 56.9 Å². The van der Waals surface area contributed by atoms with Gasteiger partial charge < -0.3 is 20.7 Å². The van der Waals surface area contributed by atoms with Crippen molar-refractivity contribution in [3.05, 3.63) is 29.8 Å². The zero-order chi connectivity index (χ0) is 17.7. The van der Waals surface area contributed by atoms with E-state index in [-0.39, 0.29) is 19.8 Å². The zero-order valence-electron chi connectivity index (χ0n) is 15.2. The van der Waals surface area contributed by atoms with E-state index >= 15 is 0 Å². The van der Waals surface area contributed by atoms with Crippen molar-refractivity contribution in [3.8, 4) is 5.75 Å². The summed E-state index contributed by atoms with van der Waals surface area (Å²) in [6.07, 6.45) is 11.8. The summed E-state index contributed by atoms with van der Waals surface area (Å²) in [4.78, 5) is 0. The number of aliphatic hydroxyl groups is 2. The van der Waals surface area contributed by atoms with E-state index in [9.17, 15) is 0 Å². The highest BCUT2D eigenvalue weighted by atomic mass is 16.5. The van der Waals surface area contributed by atoms with Gasteiger partial charge in [0.1, 0.15) is 12.4 Å². The Morgan fingerprint density at radius 2 is 1.42 bits per heavy atom. The molecule has 0 aliphatic rings. The van der Waals surface area contributed by atoms with Gasteiger partial charge >= 0.3 is 0 Å². The Balaban J connectivity index is 2.18. The summed E-state index contributed by atoms with van der Waals surface area (Å²) in [7, 11) is 0. The van der Waals surface area contributed by atoms with Crippen LogP contribution in [0.2, 0.25) is 0 Å². The van der Waals surface area contributed by atoms with Crippen molar-refractivity contribution >= 4 is 0 Å². The van der Waals surface area contributed by atoms with E-state index < -0.39 is 5.54 Å². The molecule has 138 valence electrons. The summed E-state index contributed by atoms with van der Waals surface area (Å²) in [5.74, 6) is 0.714. The third kappa shape index (κ3) is 8.67. The molecular weight excluding hydrogens is 302 g/mol. The lowest BCUT2D eigenvalue weighted by Gasteiger charge is -2.24. The average Bonchev–Trinajstić information content (AvgIpc) is 2.63. The zero-order valence-corrected chi connectivity index (χ0v) is 15.2. The van der Waals surface area contributed by atoms with Crippen molar-refractivity contribution < 1.29 is 14.9 Å². The Kier molecular flexibility index (Phi) is 10.7. The summed E-state index contributed by atoms with van der Waals surface area (Å²) in [5, 5.41) is 18.3. The minimum Gasteiger partial charge on any atom is -0.491 e. The summed E-state index contributed by atoms with van der Waals surface area (Å²) < 4.78 is 5.55. The number of ether oxygens (including phenoxy) is 1. The Morgan fingerprint density at radius 1 is 0.875 bits per heavy atom. The van der Waals surface area contributed by atoms with Crippen LogP contribution >= 0.6 is 0 Å². The summed E-state index contributed by atoms with van der Waals surface area (Å²) >= 11 is 0. The first kappa shape index (κ1) is 20.9. The molecule has 0 saturated heterocycles. The van der Waals surface area contributed by atoms with Crippen LogP contribution in [0.15, 0.2) is 24.3 Å². The Morgan fingerprint density at radius 3 is 1.96 bits per heavy atom. The van der Waals surface area contributed by atoms with Crippen LogP contribution in [0.5, 0.6) is 5.75 Å². The van der Waals surface area contributed by atoms with Gasteiger partial charge in [-0.3, -0.25) is 0 Å². The van der Waals surface area contributed by atoms with E-state index in [0.29, 0.717) is 5.75 Å². The third-order valence-electron chi connectivity index (χ3n) is 4.40. The molecule has 0 aliphatic carbocycles. The summed E-state index contributed by atoms with van der Waals surface area (Å²) in [6, 6.07) is 8.00. The molecule has 4 N–H and O–H groups in total. The molecule has 0 heterocycles. The fourth-order valence-electron chi connectivity index (χ4n) is 2.58. The SMILES string of the molecule is CCCCCCCCCCc1ccc(OCC(N)(CO)CO)cc1. The Labute approximate surface area is 147 Å². The molecule has 1 aromatic rings. The van der Waals surface area contributed by atoms with Crippen molar-refractivity contribution in [1.82, 2.24) is 0 Å². The van der Waals surface area contributed by atoms with Crippen LogP contribution in [0.1, 0.15) is 63.9 Å². The van der Waals surface area contributed by atoms with Gasteiger partial charge in [0.25, 0.3) is 0 Å². The minimum atomic E-state index is -1.09. The van der Waals surface area contributed by atoms with Crippen molar-refractivity contribution in [2.75, 3.05) is 19.8 Å². The van der Waals surface area contributed by atoms with Gasteiger partial charge in [-0.15, -0.1) is 0 Å². The van der Waals surface area contributed by atoms with Crippen LogP contribution in [-0.4, -0.2) is 35.6 Å². The van der Waals surface area contributed by atoms with Gasteiger partial charge in [0.15, 0.2) is 0 Å². The number of nitrogens with two attached hydrogens (primary N) is 1. The van der Waals surface area contributed by atoms with Crippen molar-refractivity contribution in [2.45, 2.75) is 70.3 Å². The van der Waals surface area contributed by atoms with Crippen LogP contribution in [0.3, 0.4) is 0 Å². The molecule has 0 aliphatic heterocycles. The third-order valence-corrected chi connectivity index (χ3v) is 4.40. The van der Waals surface area contributed by atoms with Crippen molar-refractivity contribution in [3.63, 3.8) is 0 Å². The first-order valence-corrected chi connectivity index (χ1v) is 9.36. The van der Waals surface area contributed by atoms with E-state index in [1.807, 2.05) is 12.1 Å². The highest BCUT2D eigenvalue weighted by Crippen LogP contribution is 2.16. The first-order valence-electron chi connectivity index (χ1n) is 9.36. The lowest BCUT2D eigenvalue weighted by Crippen LogP contribution is -2.52. The van der Waals surface area contributed by atoms with Crippen LogP contribution in [0.25, 0.3) is 0 Å². The Bertz CT molecular complexity index is 415. The molecule has 0 unspecified atom stereocenters. The van der Waals surface area contributed by atoms with Gasteiger partial charge in [0, 0.05) is 0 Å². The molecule has 4 nitrogen and oxygen atoms in total. The molecule has 1 aromatic carbocycles. The second-order valence-electron chi connectivity index (χ2n) is 6.84. The quantitative estimate of drug-likeness (QED) is 0.455. The summed E-state index contributed by atoms with van der Waals surface area (Å²) in [6.45, 7) is 1.74. The van der Waals surface area contributed by atoms with Gasteiger partial charge in [-0.05, 0) is 30.5 Å². The van der Waals surface area contributed by atoms with Crippen LogP contribution in [0, 0.1) is 0 Å². The lowest BCUT2D eigenvalue weighted by atomic mass is 10.0. The normalized spacial score (nSPS) is 11.7. The first-order chi connectivity index (χ1) is 11.6. The summed E-state index contributed by atoms with van der Waals surface area (Å²) in [5.41, 5.74) is 6.01. The highest BCUT2D eigenvalue weighted by molar-refractivity contribution is 5.27. The van der Waals surface area contributed by atoms with Gasteiger partial charge in [-0.25, -0.2) is 0 Å². The maximum absolute atomic E-state index is 9.14. The number of unbranched alkanes of at least 4 members (excludes halogenated alkanes) is 7. The van der Waals surface area contributed by atoms with Crippen molar-refractivity contribution in [1.29, 1.82) is 0 Å². The molecule has 0 spiro atoms. The molecule has 0 saturated carbocycles. The monoisotopic (exact) mass is 337 g/mol. The topological polar surface area (TPSA) is 75.7 Å². The molecule has 24 heavy (non-hydrogen) atoms. The maximum atomic E-state index is 9.14. The lowest BCUT2D eigenvalue weighted by molar-refractivity contribution is 0.0785. The highest BCUT2D eigenvalue weighted by Gasteiger charge is 2.24. The molecule has 0 fully saturated rings. The van der Waals surface area contributed by atoms with Gasteiger partial charge in [0.05, 0.1) is 18.8 Å². The smallest absolute Gasteiger partial charge is 0.119 e. The second-order valence-corrected chi connectivity index (χ2v) is 6.84. The molecule has 1 rings (SSSR count). The number of hydrogen-bond donors (Lipinski definition) is 3. The van der Waals surface area contributed by atoms with Gasteiger partial charge in [-0.2, -0.15) is 0 Å². The maximum Gasteiger partial charge on any atom is 0.119 e. The van der Waals surface area contributed by atoms with Crippen LogP contribution < -0.4 is 10.5 Å². The molecule has 4 heteroatoms. The van der Waals surface area contributed by atoms with E-state index in [0.717, 1.165) is 6.42 Å². The van der Waals surface area contributed by atoms with E-state index in [4.69, 9.17) is 20.7 Å². The predicted molar refractivity (Wildman–Crippen MR) is 99.3 cm³/mol. The fourth-order valence-corrected chi connectivity index (χ4v) is 2.58. The van der Waals surface area contributed by atoms with E-state index in [1.54, 1.807) is 0 Å². The molecule has 0 aromatic heterocycles. The van der Waals surface area contributed by atoms with Crippen LogP contribution in [0.4, 0.5) is 0 Å². The number of benzene rings is 1. The minimum absolute atomic E-state index is 0.0946. The average molecular weight is 338 g/mol. The number of rotatable bonds is 14. The molecule has 0 bridgehead atoms. The van der Waals surface area contributed by atoms with Gasteiger partial charge in [-0.1, -0.05) is 64.0 Å². The molecular formula is C20H35NO3. The number of aryl methyl sites for hydroxylation is 1. The second kappa shape index (κ2) is 12.3. The Hall–Kier alpha value is -1.10. The standard InChI is InChI=1S/C20H35NO3/c1-2-3-4-5-6-7-8-9-10-18-11-13-19(14-12-18)24-17-20(21,15-22)16-23/h11-14,22-23H,2-10,15-17,21H2,1H3. The molecule has 0 amide bonds. The van der Waals surface area contributed by atoms with Crippen LogP contribution in [-0.2, 0) is 6.42 Å². The van der Waals surface area contributed by atoms with E-state index in [2.05, 4.69) is 19.1 Å². The molecule has 0 radical (unpaired) electrons. The van der Waals surface area contributed by atoms with Gasteiger partial charge in [0.2, 0.25) is 0 Å². The largest absolute Gasteiger partial charge is 0.491 e. The fraction of sp³-hybridized carbons (Fsp3) is 0.700. The number of hydrogen-bond acceptors (Lipinski definition) is 4. The van der Waals surface area contributed by atoms with Crippen molar-refractivity contribution in [2.24, 2.45) is 5.73 Å². The number of aliphatic hydroxyl groups excluding tert-OH is 2.